The van der Waals surface area contributed by atoms with Gasteiger partial charge in [-0.1, -0.05) is 61.5 Å². The number of carboxylic acids is 1. The molecule has 2 aromatic rings. The second kappa shape index (κ2) is 12.1. The fourth-order valence-corrected chi connectivity index (χ4v) is 3.98. The Hall–Kier alpha value is -3.81. The van der Waals surface area contributed by atoms with Crippen LogP contribution in [0.15, 0.2) is 64.6 Å². The maximum Gasteiger partial charge on any atom is 0.350 e. The average molecular weight is 478 g/mol. The van der Waals surface area contributed by atoms with Gasteiger partial charge in [0, 0.05) is 12.5 Å². The van der Waals surface area contributed by atoms with E-state index >= 15 is 0 Å². The van der Waals surface area contributed by atoms with Crippen molar-refractivity contribution in [2.45, 2.75) is 52.1 Å². The van der Waals surface area contributed by atoms with Crippen molar-refractivity contribution in [1.29, 1.82) is 0 Å². The molecule has 2 unspecified atom stereocenters. The van der Waals surface area contributed by atoms with Gasteiger partial charge in [-0.15, -0.1) is 0 Å². The largest absolute Gasteiger partial charge is 0.477 e. The molecule has 0 bridgehead atoms. The van der Waals surface area contributed by atoms with Crippen molar-refractivity contribution in [3.8, 4) is 11.1 Å². The van der Waals surface area contributed by atoms with Crippen LogP contribution in [-0.2, 0) is 25.5 Å². The third kappa shape index (κ3) is 7.34. The Morgan fingerprint density at radius 1 is 1.09 bits per heavy atom. The van der Waals surface area contributed by atoms with E-state index in [2.05, 4.69) is 15.3 Å². The van der Waals surface area contributed by atoms with Gasteiger partial charge in [-0.05, 0) is 43.4 Å². The molecule has 2 aromatic carbocycles. The summed E-state index contributed by atoms with van der Waals surface area (Å²) >= 11 is 0. The summed E-state index contributed by atoms with van der Waals surface area (Å²) < 4.78 is 5.13. The second-order valence-corrected chi connectivity index (χ2v) is 8.70. The van der Waals surface area contributed by atoms with Gasteiger partial charge < -0.3 is 15.2 Å². The first-order valence-electron chi connectivity index (χ1n) is 11.8. The number of esters is 1. The van der Waals surface area contributed by atoms with Gasteiger partial charge >= 0.3 is 11.9 Å². The number of rotatable bonds is 10. The maximum atomic E-state index is 13.0. The molecule has 0 saturated carbocycles. The summed E-state index contributed by atoms with van der Waals surface area (Å²) in [5.41, 5.74) is 3.08. The lowest BCUT2D eigenvalue weighted by Crippen LogP contribution is -2.43. The quantitative estimate of drug-likeness (QED) is 0.506. The van der Waals surface area contributed by atoms with Crippen LogP contribution in [0.5, 0.6) is 0 Å². The highest BCUT2D eigenvalue weighted by atomic mass is 16.5. The summed E-state index contributed by atoms with van der Waals surface area (Å²) in [6.45, 7) is 5.52. The minimum atomic E-state index is -1.16. The zero-order valence-electron chi connectivity index (χ0n) is 20.2. The van der Waals surface area contributed by atoms with Gasteiger partial charge in [-0.3, -0.25) is 14.6 Å². The number of hydrogen-bond donors (Lipinski definition) is 2. The van der Waals surface area contributed by atoms with E-state index in [1.807, 2.05) is 54.6 Å². The van der Waals surface area contributed by atoms with Gasteiger partial charge in [0.05, 0.1) is 18.6 Å². The number of hydrogen-bond acceptors (Lipinski definition) is 6. The number of carbonyl (C=O) groups is 3. The van der Waals surface area contributed by atoms with Crippen molar-refractivity contribution in [3.63, 3.8) is 0 Å². The van der Waals surface area contributed by atoms with Crippen LogP contribution in [0.1, 0.15) is 39.2 Å². The lowest BCUT2D eigenvalue weighted by atomic mass is 9.94. The van der Waals surface area contributed by atoms with Crippen LogP contribution < -0.4 is 5.32 Å². The monoisotopic (exact) mass is 477 g/mol. The van der Waals surface area contributed by atoms with E-state index in [1.54, 1.807) is 20.8 Å². The van der Waals surface area contributed by atoms with Gasteiger partial charge in [0.15, 0.2) is 0 Å². The first-order valence-corrected chi connectivity index (χ1v) is 11.8. The molecule has 3 rings (SSSR count). The van der Waals surface area contributed by atoms with Crippen molar-refractivity contribution >= 4 is 29.4 Å². The van der Waals surface area contributed by atoms with Crippen molar-refractivity contribution in [1.82, 2.24) is 5.32 Å². The molecule has 8 heteroatoms. The van der Waals surface area contributed by atoms with Crippen LogP contribution in [0.3, 0.4) is 0 Å². The molecule has 0 fully saturated rings. The molecule has 1 amide bonds. The number of amidine groups is 1. The van der Waals surface area contributed by atoms with Crippen LogP contribution in [0.25, 0.3) is 11.1 Å². The summed E-state index contributed by atoms with van der Waals surface area (Å²) in [6.07, 6.45) is 0.995. The Labute approximate surface area is 205 Å². The third-order valence-electron chi connectivity index (χ3n) is 5.73. The predicted molar refractivity (Wildman–Crippen MR) is 135 cm³/mol. The Kier molecular flexibility index (Phi) is 8.89. The van der Waals surface area contributed by atoms with E-state index in [9.17, 15) is 19.5 Å². The van der Waals surface area contributed by atoms with Crippen molar-refractivity contribution < 1.29 is 24.2 Å². The van der Waals surface area contributed by atoms with Gasteiger partial charge in [-0.25, -0.2) is 9.79 Å². The highest BCUT2D eigenvalue weighted by Crippen LogP contribution is 2.21. The number of aliphatic imine (C=N–C) groups is 2. The normalized spacial score (nSPS) is 16.9. The highest BCUT2D eigenvalue weighted by Gasteiger charge is 2.27. The molecule has 0 saturated heterocycles. The minimum Gasteiger partial charge on any atom is -0.477 e. The van der Waals surface area contributed by atoms with Crippen molar-refractivity contribution in [2.24, 2.45) is 15.9 Å². The van der Waals surface area contributed by atoms with Crippen LogP contribution in [-0.4, -0.2) is 53.2 Å². The number of amides is 1. The molecule has 0 radical (unpaired) electrons. The smallest absolute Gasteiger partial charge is 0.350 e. The molecule has 2 N–H and O–H groups in total. The van der Waals surface area contributed by atoms with E-state index in [0.717, 1.165) is 16.7 Å². The standard InChI is InChI=1S/C27H31N3O5/c1-4-35-27(34)17(2)14-22(29-25(31)24-28-18(3)15-23(30-24)26(32)33)16-19-10-12-21(13-11-19)20-8-6-5-7-9-20/h5-13,17-18,22H,4,14-16H2,1-3H3,(H,29,31)(H,32,33)/t17-,18?,22?/m1/s1. The molecule has 0 aromatic heterocycles. The van der Waals surface area contributed by atoms with E-state index in [4.69, 9.17) is 4.74 Å². The fraction of sp³-hybridized carbons (Fsp3) is 0.370. The van der Waals surface area contributed by atoms with Crippen LogP contribution >= 0.6 is 0 Å². The molecule has 35 heavy (non-hydrogen) atoms. The van der Waals surface area contributed by atoms with E-state index in [-0.39, 0.29) is 36.6 Å². The van der Waals surface area contributed by atoms with Crippen molar-refractivity contribution in [2.75, 3.05) is 6.61 Å². The molecule has 8 nitrogen and oxygen atoms in total. The first-order chi connectivity index (χ1) is 16.8. The van der Waals surface area contributed by atoms with E-state index < -0.39 is 23.8 Å². The molecular formula is C27H31N3O5. The molecule has 1 heterocycles. The minimum absolute atomic E-state index is 0.0920. The lowest BCUT2D eigenvalue weighted by molar-refractivity contribution is -0.148. The Morgan fingerprint density at radius 2 is 1.74 bits per heavy atom. The van der Waals surface area contributed by atoms with Gasteiger partial charge in [0.25, 0.3) is 5.91 Å². The topological polar surface area (TPSA) is 117 Å². The SMILES string of the molecule is CCOC(=O)[C@H](C)CC(Cc1ccc(-c2ccccc2)cc1)NC(=O)C1=NC(C)CC(C(=O)O)=N1. The number of aliphatic carboxylic acids is 1. The molecular weight excluding hydrogens is 446 g/mol. The predicted octanol–water partition coefficient (Wildman–Crippen LogP) is 3.69. The number of nitrogens with one attached hydrogen (secondary N) is 1. The third-order valence-corrected chi connectivity index (χ3v) is 5.73. The van der Waals surface area contributed by atoms with Crippen LogP contribution in [0, 0.1) is 5.92 Å². The molecule has 184 valence electrons. The molecule has 0 aliphatic carbocycles. The Balaban J connectivity index is 1.78. The first kappa shape index (κ1) is 25.8. The number of ether oxygens (including phenoxy) is 1. The summed E-state index contributed by atoms with van der Waals surface area (Å²) in [6, 6.07) is 17.3. The lowest BCUT2D eigenvalue weighted by Gasteiger charge is -2.23. The Bertz CT molecular complexity index is 1110. The molecule has 0 spiro atoms. The molecule has 3 atom stereocenters. The zero-order valence-corrected chi connectivity index (χ0v) is 20.2. The number of benzene rings is 2. The second-order valence-electron chi connectivity index (χ2n) is 8.70. The van der Waals surface area contributed by atoms with Crippen LogP contribution in [0.4, 0.5) is 0 Å². The number of nitrogens with zero attached hydrogens (tertiary/aromatic N) is 2. The summed E-state index contributed by atoms with van der Waals surface area (Å²) in [4.78, 5) is 44.8. The van der Waals surface area contributed by atoms with E-state index in [0.29, 0.717) is 12.8 Å². The Morgan fingerprint density at radius 3 is 2.37 bits per heavy atom. The molecule has 1 aliphatic heterocycles. The fourth-order valence-electron chi connectivity index (χ4n) is 3.98. The maximum absolute atomic E-state index is 13.0. The highest BCUT2D eigenvalue weighted by molar-refractivity contribution is 6.46. The summed E-state index contributed by atoms with van der Waals surface area (Å²) in [5, 5.41) is 12.2. The van der Waals surface area contributed by atoms with Gasteiger partial charge in [-0.2, -0.15) is 0 Å². The zero-order chi connectivity index (χ0) is 25.4. The number of carboxylic acid groups (broad SMARTS) is 1. The van der Waals surface area contributed by atoms with Gasteiger partial charge in [0.1, 0.15) is 5.71 Å². The van der Waals surface area contributed by atoms with Crippen molar-refractivity contribution in [3.05, 3.63) is 60.2 Å². The number of carbonyl (C=O) groups excluding carboxylic acids is 2. The summed E-state index contributed by atoms with van der Waals surface area (Å²) in [7, 11) is 0. The average Bonchev–Trinajstić information content (AvgIpc) is 2.84. The van der Waals surface area contributed by atoms with Gasteiger partial charge in [0.2, 0.25) is 5.84 Å². The van der Waals surface area contributed by atoms with Crippen LogP contribution in [0.2, 0.25) is 0 Å². The molecule has 1 aliphatic rings. The van der Waals surface area contributed by atoms with E-state index in [1.165, 1.54) is 0 Å². The summed E-state index contributed by atoms with van der Waals surface area (Å²) in [5.74, 6) is -2.65.